The number of nitrogens with zero attached hydrogens (tertiary/aromatic N) is 1. The highest BCUT2D eigenvalue weighted by Gasteiger charge is 2.30. The van der Waals surface area contributed by atoms with Crippen molar-refractivity contribution in [2.24, 2.45) is 0 Å². The van der Waals surface area contributed by atoms with Crippen LogP contribution < -0.4 is 9.62 Å². The molecule has 0 saturated heterocycles. The molecule has 1 aromatic rings. The first-order valence-electron chi connectivity index (χ1n) is 8.55. The van der Waals surface area contributed by atoms with E-state index in [1.165, 1.54) is 37.3 Å². The second kappa shape index (κ2) is 7.99. The van der Waals surface area contributed by atoms with Gasteiger partial charge in [0.25, 0.3) is 0 Å². The number of nitrogens with one attached hydrogen (secondary N) is 1. The summed E-state index contributed by atoms with van der Waals surface area (Å²) in [5.41, 5.74) is 0.285. The van der Waals surface area contributed by atoms with E-state index >= 15 is 0 Å². The fourth-order valence-electron chi connectivity index (χ4n) is 2.65. The number of rotatable bonds is 6. The van der Waals surface area contributed by atoms with Gasteiger partial charge < -0.3 is 14.4 Å². The van der Waals surface area contributed by atoms with Gasteiger partial charge in [0.15, 0.2) is 0 Å². The first-order valence-corrected chi connectivity index (χ1v) is 10.0. The molecule has 1 aliphatic carbocycles. The van der Waals surface area contributed by atoms with Crippen molar-refractivity contribution in [2.75, 3.05) is 19.1 Å². The third-order valence-electron chi connectivity index (χ3n) is 4.19. The molecule has 1 N–H and O–H groups in total. The highest BCUT2D eigenvalue weighted by Crippen LogP contribution is 2.29. The average Bonchev–Trinajstić information content (AvgIpc) is 3.52. The van der Waals surface area contributed by atoms with E-state index in [9.17, 15) is 18.0 Å². The Morgan fingerprint density at radius 3 is 2.46 bits per heavy atom. The number of carbonyl (C=O) groups excluding carboxylic acids is 2. The van der Waals surface area contributed by atoms with Gasteiger partial charge in [-0.2, -0.15) is 0 Å². The number of benzene rings is 1. The Bertz CT molecular complexity index is 989. The molecule has 0 spiro atoms. The minimum atomic E-state index is -3.69. The molecule has 1 aromatic carbocycles. The van der Waals surface area contributed by atoms with Gasteiger partial charge >= 0.3 is 11.9 Å². The molecule has 0 amide bonds. The minimum Gasteiger partial charge on any atom is -0.465 e. The lowest BCUT2D eigenvalue weighted by Crippen LogP contribution is -2.28. The van der Waals surface area contributed by atoms with Crippen molar-refractivity contribution in [3.63, 3.8) is 0 Å². The average molecular weight is 404 g/mol. The van der Waals surface area contributed by atoms with Crippen LogP contribution in [-0.4, -0.2) is 40.6 Å². The maximum atomic E-state index is 12.5. The predicted octanol–water partition coefficient (Wildman–Crippen LogP) is 1.62. The smallest absolute Gasteiger partial charge is 0.355 e. The van der Waals surface area contributed by atoms with Crippen LogP contribution in [0.25, 0.3) is 0 Å². The molecule has 0 bridgehead atoms. The lowest BCUT2D eigenvalue weighted by Gasteiger charge is -2.23. The summed E-state index contributed by atoms with van der Waals surface area (Å²) in [4.78, 5) is 26.1. The lowest BCUT2D eigenvalue weighted by molar-refractivity contribution is -0.139. The number of allylic oxidation sites excluding steroid dienone is 2. The Balaban J connectivity index is 2.08. The molecule has 1 heterocycles. The summed E-state index contributed by atoms with van der Waals surface area (Å²) < 4.78 is 37.3. The molecule has 0 radical (unpaired) electrons. The van der Waals surface area contributed by atoms with Crippen LogP contribution in [0.3, 0.4) is 0 Å². The fourth-order valence-corrected chi connectivity index (χ4v) is 4.00. The van der Waals surface area contributed by atoms with E-state index in [2.05, 4.69) is 4.72 Å². The Labute approximate surface area is 163 Å². The molecule has 28 heavy (non-hydrogen) atoms. The highest BCUT2D eigenvalue weighted by molar-refractivity contribution is 7.89. The number of sulfonamides is 1. The third-order valence-corrected chi connectivity index (χ3v) is 5.71. The molecule has 1 aliphatic heterocycles. The molecule has 1 saturated carbocycles. The summed E-state index contributed by atoms with van der Waals surface area (Å²) in [6.07, 6.45) is 7.80. The SMILES string of the molecule is COC(=O)C1=C(C(=O)OC)N(c2cccc(S(=O)(=O)NC3CC3)c2)C=CC=C1. The third kappa shape index (κ3) is 4.15. The lowest BCUT2D eigenvalue weighted by atomic mass is 10.1. The van der Waals surface area contributed by atoms with E-state index in [1.54, 1.807) is 30.5 Å². The second-order valence-electron chi connectivity index (χ2n) is 6.21. The fraction of sp³-hybridized carbons (Fsp3) is 0.263. The van der Waals surface area contributed by atoms with E-state index in [-0.39, 0.29) is 22.2 Å². The maximum Gasteiger partial charge on any atom is 0.355 e. The molecule has 2 aliphatic rings. The van der Waals surface area contributed by atoms with Gasteiger partial charge in [0.05, 0.1) is 24.7 Å². The van der Waals surface area contributed by atoms with E-state index < -0.39 is 22.0 Å². The summed E-state index contributed by atoms with van der Waals surface area (Å²) in [5, 5.41) is 0. The number of ether oxygens (including phenoxy) is 2. The van der Waals surface area contributed by atoms with Crippen LogP contribution in [0.5, 0.6) is 0 Å². The van der Waals surface area contributed by atoms with Gasteiger partial charge in [-0.3, -0.25) is 0 Å². The quantitative estimate of drug-likeness (QED) is 0.719. The zero-order valence-corrected chi connectivity index (χ0v) is 16.2. The first-order chi connectivity index (χ1) is 13.4. The van der Waals surface area contributed by atoms with Crippen LogP contribution in [0.1, 0.15) is 12.8 Å². The van der Waals surface area contributed by atoms with Crippen LogP contribution in [0.2, 0.25) is 0 Å². The largest absolute Gasteiger partial charge is 0.465 e. The van der Waals surface area contributed by atoms with E-state index in [4.69, 9.17) is 9.47 Å². The molecule has 8 nitrogen and oxygen atoms in total. The monoisotopic (exact) mass is 404 g/mol. The van der Waals surface area contributed by atoms with Gasteiger partial charge in [-0.05, 0) is 43.2 Å². The van der Waals surface area contributed by atoms with Crippen LogP contribution in [0.15, 0.2) is 64.9 Å². The zero-order chi connectivity index (χ0) is 20.3. The van der Waals surface area contributed by atoms with Gasteiger partial charge in [-0.15, -0.1) is 0 Å². The number of methoxy groups -OCH3 is 2. The van der Waals surface area contributed by atoms with Gasteiger partial charge in [0.2, 0.25) is 10.0 Å². The molecule has 1 fully saturated rings. The standard InChI is InChI=1S/C19H20N2O6S/c1-26-18(22)16-8-3-4-11-21(17(16)19(23)27-2)14-6-5-7-15(12-14)28(24,25)20-13-9-10-13/h3-8,11-13,20H,9-10H2,1-2H3. The van der Waals surface area contributed by atoms with Gasteiger partial charge in [-0.25, -0.2) is 22.7 Å². The molecule has 9 heteroatoms. The number of anilines is 1. The normalized spacial score (nSPS) is 16.7. The molecular formula is C19H20N2O6S. The summed E-state index contributed by atoms with van der Waals surface area (Å²) in [7, 11) is -1.28. The van der Waals surface area contributed by atoms with Crippen molar-refractivity contribution < 1.29 is 27.5 Å². The summed E-state index contributed by atoms with van der Waals surface area (Å²) in [6.45, 7) is 0. The highest BCUT2D eigenvalue weighted by atomic mass is 32.2. The molecule has 0 atom stereocenters. The van der Waals surface area contributed by atoms with Crippen LogP contribution in [-0.2, 0) is 29.1 Å². The Morgan fingerprint density at radius 2 is 1.82 bits per heavy atom. The number of carbonyl (C=O) groups is 2. The van der Waals surface area contributed by atoms with Crippen molar-refractivity contribution in [2.45, 2.75) is 23.8 Å². The first kappa shape index (κ1) is 19.8. The van der Waals surface area contributed by atoms with Crippen LogP contribution in [0.4, 0.5) is 5.69 Å². The predicted molar refractivity (Wildman–Crippen MR) is 102 cm³/mol. The number of hydrogen-bond donors (Lipinski definition) is 1. The van der Waals surface area contributed by atoms with Crippen molar-refractivity contribution in [3.05, 3.63) is 60.0 Å². The Morgan fingerprint density at radius 1 is 1.11 bits per heavy atom. The van der Waals surface area contributed by atoms with Gasteiger partial charge in [0, 0.05) is 17.9 Å². The van der Waals surface area contributed by atoms with E-state index in [1.807, 2.05) is 0 Å². The molecular weight excluding hydrogens is 384 g/mol. The van der Waals surface area contributed by atoms with Crippen molar-refractivity contribution >= 4 is 27.6 Å². The summed E-state index contributed by atoms with van der Waals surface area (Å²) >= 11 is 0. The second-order valence-corrected chi connectivity index (χ2v) is 7.92. The Hall–Kier alpha value is -2.91. The van der Waals surface area contributed by atoms with E-state index in [0.29, 0.717) is 5.69 Å². The van der Waals surface area contributed by atoms with Crippen molar-refractivity contribution in [1.29, 1.82) is 0 Å². The van der Waals surface area contributed by atoms with Crippen molar-refractivity contribution in [1.82, 2.24) is 4.72 Å². The molecule has 3 rings (SSSR count). The topological polar surface area (TPSA) is 102 Å². The molecule has 0 unspecified atom stereocenters. The van der Waals surface area contributed by atoms with Crippen molar-refractivity contribution in [3.8, 4) is 0 Å². The molecule has 0 aromatic heterocycles. The van der Waals surface area contributed by atoms with Crippen LogP contribution in [0, 0.1) is 0 Å². The van der Waals surface area contributed by atoms with Gasteiger partial charge in [-0.1, -0.05) is 12.1 Å². The zero-order valence-electron chi connectivity index (χ0n) is 15.4. The Kier molecular flexibility index (Phi) is 5.66. The number of hydrogen-bond acceptors (Lipinski definition) is 7. The summed E-state index contributed by atoms with van der Waals surface area (Å²) in [6, 6.07) is 6.06. The van der Waals surface area contributed by atoms with Crippen LogP contribution >= 0.6 is 0 Å². The number of esters is 2. The minimum absolute atomic E-state index is 0.0104. The molecule has 148 valence electrons. The van der Waals surface area contributed by atoms with Gasteiger partial charge in [0.1, 0.15) is 5.70 Å². The summed E-state index contributed by atoms with van der Waals surface area (Å²) in [5.74, 6) is -1.48. The maximum absolute atomic E-state index is 12.5. The van der Waals surface area contributed by atoms with E-state index in [0.717, 1.165) is 12.8 Å².